The highest BCUT2D eigenvalue weighted by atomic mass is 16.5. The molecule has 2 N–H and O–H groups in total. The van der Waals surface area contributed by atoms with Crippen LogP contribution in [0.15, 0.2) is 67.1 Å². The number of fused-ring (bicyclic) bond motifs is 1. The van der Waals surface area contributed by atoms with E-state index in [4.69, 9.17) is 15.6 Å². The van der Waals surface area contributed by atoms with Gasteiger partial charge in [0.05, 0.1) is 23.3 Å². The van der Waals surface area contributed by atoms with E-state index in [2.05, 4.69) is 15.0 Å². The number of benzene rings is 1. The van der Waals surface area contributed by atoms with Gasteiger partial charge in [-0.05, 0) is 63.0 Å². The van der Waals surface area contributed by atoms with Crippen LogP contribution in [-0.2, 0) is 4.79 Å². The number of rotatable bonds is 7. The molecule has 3 aromatic heterocycles. The van der Waals surface area contributed by atoms with E-state index in [-0.39, 0.29) is 17.4 Å². The third kappa shape index (κ3) is 4.95. The summed E-state index contributed by atoms with van der Waals surface area (Å²) in [6.07, 6.45) is 9.67. The van der Waals surface area contributed by atoms with Crippen molar-refractivity contribution in [2.75, 3.05) is 39.5 Å². The molecule has 39 heavy (non-hydrogen) atoms. The van der Waals surface area contributed by atoms with E-state index in [0.29, 0.717) is 34.0 Å². The fraction of sp³-hybridized carbons (Fsp3) is 0.345. The lowest BCUT2D eigenvalue weighted by atomic mass is 9.65. The van der Waals surface area contributed by atoms with Crippen LogP contribution >= 0.6 is 0 Å². The van der Waals surface area contributed by atoms with Gasteiger partial charge in [0.2, 0.25) is 5.91 Å². The number of carbonyl (C=O) groups excluding carboxylic acids is 1. The van der Waals surface area contributed by atoms with Gasteiger partial charge in [-0.3, -0.25) is 9.78 Å². The Labute approximate surface area is 227 Å². The van der Waals surface area contributed by atoms with E-state index in [1.165, 1.54) is 6.33 Å². The maximum Gasteiger partial charge on any atom is 0.246 e. The summed E-state index contributed by atoms with van der Waals surface area (Å²) in [6, 6.07) is 13.5. The van der Waals surface area contributed by atoms with Gasteiger partial charge in [0, 0.05) is 25.7 Å². The van der Waals surface area contributed by atoms with Crippen molar-refractivity contribution in [1.82, 2.24) is 34.5 Å². The number of nitrogens with two attached hydrogens (primary N) is 1. The number of nitrogen functional groups attached to an aromatic ring is 1. The molecule has 4 heterocycles. The molecular formula is C29H32N8O2. The maximum atomic E-state index is 12.7. The number of para-hydroxylation sites is 1. The molecule has 2 aliphatic rings. The first kappa shape index (κ1) is 25.0. The van der Waals surface area contributed by atoms with Gasteiger partial charge in [0.15, 0.2) is 5.65 Å². The predicted molar refractivity (Wildman–Crippen MR) is 149 cm³/mol. The van der Waals surface area contributed by atoms with Crippen LogP contribution < -0.4 is 10.5 Å². The van der Waals surface area contributed by atoms with E-state index in [0.717, 1.165) is 44.6 Å². The molecule has 6 rings (SSSR count). The van der Waals surface area contributed by atoms with Crippen molar-refractivity contribution in [3.8, 4) is 22.9 Å². The van der Waals surface area contributed by atoms with Crippen LogP contribution in [0, 0.1) is 5.41 Å². The molecule has 10 nitrogen and oxygen atoms in total. The van der Waals surface area contributed by atoms with Crippen LogP contribution in [0.3, 0.4) is 0 Å². The first-order valence-electron chi connectivity index (χ1n) is 13.2. The van der Waals surface area contributed by atoms with Gasteiger partial charge in [-0.2, -0.15) is 5.10 Å². The number of likely N-dealkylation sites (N-methyl/N-ethyl adjacent to an activating group) is 1. The molecule has 10 heteroatoms. The second-order valence-corrected chi connectivity index (χ2v) is 10.8. The number of ether oxygens (including phenoxy) is 1. The second kappa shape index (κ2) is 10.1. The molecule has 1 saturated heterocycles. The summed E-state index contributed by atoms with van der Waals surface area (Å²) < 4.78 is 7.87. The highest BCUT2D eigenvalue weighted by Crippen LogP contribution is 2.54. The van der Waals surface area contributed by atoms with Crippen molar-refractivity contribution >= 4 is 22.8 Å². The molecule has 0 atom stereocenters. The van der Waals surface area contributed by atoms with Crippen LogP contribution in [0.5, 0.6) is 11.5 Å². The minimum absolute atomic E-state index is 0.0929. The summed E-state index contributed by atoms with van der Waals surface area (Å²) in [5, 5.41) is 5.66. The number of nitrogens with zero attached hydrogens (tertiary/aromatic N) is 7. The number of likely N-dealkylation sites (tertiary alicyclic amines) is 1. The number of hydrogen-bond donors (Lipinski definition) is 1. The number of carbonyl (C=O) groups is 1. The second-order valence-electron chi connectivity index (χ2n) is 10.8. The molecular weight excluding hydrogens is 492 g/mol. The molecule has 1 spiro atoms. The minimum atomic E-state index is 0.0929. The standard InChI is InChI=1S/C29H32N8O2/c1-35(2)13-6-9-24(38)36-14-12-29(18-36)15-20(16-29)37-28-25(27(30)32-19-33-28)26(34-37)23-11-10-22(17-31-23)39-21-7-4-3-5-8-21/h3-11,17,19-20H,12-16,18H2,1-2H3,(H2,30,32,33)/b9-6+/t20-,29+. The molecule has 4 aromatic rings. The van der Waals surface area contributed by atoms with Gasteiger partial charge in [0.1, 0.15) is 29.3 Å². The molecule has 0 radical (unpaired) electrons. The van der Waals surface area contributed by atoms with Crippen molar-refractivity contribution in [2.45, 2.75) is 25.3 Å². The largest absolute Gasteiger partial charge is 0.456 e. The Morgan fingerprint density at radius 2 is 1.95 bits per heavy atom. The van der Waals surface area contributed by atoms with Crippen molar-refractivity contribution < 1.29 is 9.53 Å². The van der Waals surface area contributed by atoms with Crippen molar-refractivity contribution in [3.05, 3.63) is 67.1 Å². The maximum absolute atomic E-state index is 12.7. The third-order valence-corrected chi connectivity index (χ3v) is 7.64. The Hall–Kier alpha value is -4.31. The van der Waals surface area contributed by atoms with Crippen LogP contribution in [0.1, 0.15) is 25.3 Å². The van der Waals surface area contributed by atoms with Gasteiger partial charge < -0.3 is 20.3 Å². The summed E-state index contributed by atoms with van der Waals surface area (Å²) in [5.74, 6) is 1.85. The van der Waals surface area contributed by atoms with Crippen LogP contribution in [0.25, 0.3) is 22.4 Å². The van der Waals surface area contributed by atoms with Gasteiger partial charge >= 0.3 is 0 Å². The first-order valence-corrected chi connectivity index (χ1v) is 13.2. The van der Waals surface area contributed by atoms with E-state index in [1.54, 1.807) is 12.3 Å². The quantitative estimate of drug-likeness (QED) is 0.362. The zero-order chi connectivity index (χ0) is 27.0. The molecule has 2 fully saturated rings. The summed E-state index contributed by atoms with van der Waals surface area (Å²) in [7, 11) is 3.98. The number of pyridine rings is 1. The number of amides is 1. The summed E-state index contributed by atoms with van der Waals surface area (Å²) in [6.45, 7) is 2.33. The summed E-state index contributed by atoms with van der Waals surface area (Å²) in [4.78, 5) is 30.1. The van der Waals surface area contributed by atoms with Gasteiger partial charge in [-0.1, -0.05) is 24.3 Å². The van der Waals surface area contributed by atoms with Crippen LogP contribution in [0.2, 0.25) is 0 Å². The summed E-state index contributed by atoms with van der Waals surface area (Å²) in [5.41, 5.74) is 8.49. The molecule has 1 amide bonds. The molecule has 200 valence electrons. The lowest BCUT2D eigenvalue weighted by Gasteiger charge is -2.45. The zero-order valence-corrected chi connectivity index (χ0v) is 22.2. The molecule has 1 saturated carbocycles. The SMILES string of the molecule is CN(C)C/C=C/C(=O)N1CC[C@]2(C1)C[C@@H](n1nc(-c3ccc(Oc4ccccc4)cn3)c3c(N)ncnc31)C2. The Bertz CT molecular complexity index is 1510. The first-order chi connectivity index (χ1) is 18.9. The fourth-order valence-corrected chi connectivity index (χ4v) is 5.67. The van der Waals surface area contributed by atoms with Gasteiger partial charge in [-0.15, -0.1) is 0 Å². The predicted octanol–water partition coefficient (Wildman–Crippen LogP) is 3.93. The fourth-order valence-electron chi connectivity index (χ4n) is 5.67. The molecule has 1 aliphatic heterocycles. The average molecular weight is 525 g/mol. The number of aromatic nitrogens is 5. The van der Waals surface area contributed by atoms with Crippen molar-refractivity contribution in [3.63, 3.8) is 0 Å². The third-order valence-electron chi connectivity index (χ3n) is 7.64. The van der Waals surface area contributed by atoms with Gasteiger partial charge in [-0.25, -0.2) is 14.6 Å². The Kier molecular flexibility index (Phi) is 6.48. The van der Waals surface area contributed by atoms with Crippen molar-refractivity contribution in [2.24, 2.45) is 5.41 Å². The average Bonchev–Trinajstić information content (AvgIpc) is 3.52. The van der Waals surface area contributed by atoms with E-state index in [9.17, 15) is 4.79 Å². The normalized spacial score (nSPS) is 20.8. The monoisotopic (exact) mass is 524 g/mol. The van der Waals surface area contributed by atoms with Gasteiger partial charge in [0.25, 0.3) is 0 Å². The highest BCUT2D eigenvalue weighted by Gasteiger charge is 2.50. The highest BCUT2D eigenvalue weighted by molar-refractivity contribution is 5.97. The number of hydrogen-bond acceptors (Lipinski definition) is 8. The lowest BCUT2D eigenvalue weighted by Crippen LogP contribution is -2.42. The smallest absolute Gasteiger partial charge is 0.246 e. The molecule has 0 unspecified atom stereocenters. The lowest BCUT2D eigenvalue weighted by molar-refractivity contribution is -0.125. The Morgan fingerprint density at radius 3 is 2.69 bits per heavy atom. The topological polar surface area (TPSA) is 115 Å². The minimum Gasteiger partial charge on any atom is -0.456 e. The molecule has 0 bridgehead atoms. The van der Waals surface area contributed by atoms with Crippen LogP contribution in [-0.4, -0.2) is 74.2 Å². The molecule has 1 aliphatic carbocycles. The van der Waals surface area contributed by atoms with E-state index in [1.807, 2.05) is 77.1 Å². The number of anilines is 1. The Morgan fingerprint density at radius 1 is 1.13 bits per heavy atom. The zero-order valence-electron chi connectivity index (χ0n) is 22.2. The Balaban J connectivity index is 1.20. The van der Waals surface area contributed by atoms with E-state index >= 15 is 0 Å². The molecule has 1 aromatic carbocycles. The van der Waals surface area contributed by atoms with Crippen LogP contribution in [0.4, 0.5) is 5.82 Å². The summed E-state index contributed by atoms with van der Waals surface area (Å²) >= 11 is 0. The van der Waals surface area contributed by atoms with Crippen molar-refractivity contribution in [1.29, 1.82) is 0 Å². The van der Waals surface area contributed by atoms with E-state index < -0.39 is 0 Å².